The molecule has 0 aliphatic rings. The molecule has 0 spiro atoms. The van der Waals surface area contributed by atoms with Gasteiger partial charge in [0, 0.05) is 18.3 Å². The zero-order chi connectivity index (χ0) is 23.1. The highest BCUT2D eigenvalue weighted by atomic mass is 127. The Labute approximate surface area is 190 Å². The van der Waals surface area contributed by atoms with E-state index < -0.39 is 35.4 Å². The van der Waals surface area contributed by atoms with Crippen molar-refractivity contribution in [1.82, 2.24) is 0 Å². The number of alkyl halides is 9. The minimum atomic E-state index is -6.81. The number of benzene rings is 2. The van der Waals surface area contributed by atoms with Crippen LogP contribution in [0.1, 0.15) is 15.9 Å². The molecular formula is C17H8F9I2NO. The Hall–Kier alpha value is -1.26. The first-order valence-electron chi connectivity index (χ1n) is 7.60. The summed E-state index contributed by atoms with van der Waals surface area (Å²) in [6.07, 6.45) is -13.4. The van der Waals surface area contributed by atoms with Crippen LogP contribution < -0.4 is 5.32 Å². The second-order valence-corrected chi connectivity index (χ2v) is 8.19. The van der Waals surface area contributed by atoms with E-state index in [1.165, 1.54) is 69.4 Å². The van der Waals surface area contributed by atoms with Crippen LogP contribution in [0.3, 0.4) is 0 Å². The molecule has 1 amide bonds. The summed E-state index contributed by atoms with van der Waals surface area (Å²) in [5.74, 6) is -7.48. The Morgan fingerprint density at radius 1 is 0.767 bits per heavy atom. The summed E-state index contributed by atoms with van der Waals surface area (Å²) < 4.78 is 119. The average Bonchev–Trinajstić information content (AvgIpc) is 2.62. The molecule has 0 aliphatic carbocycles. The van der Waals surface area contributed by atoms with Gasteiger partial charge in [-0.1, -0.05) is 18.2 Å². The Kier molecular flexibility index (Phi) is 6.96. The number of anilines is 1. The van der Waals surface area contributed by atoms with Gasteiger partial charge < -0.3 is 5.32 Å². The molecule has 0 aliphatic heterocycles. The highest BCUT2D eigenvalue weighted by molar-refractivity contribution is 14.1. The van der Waals surface area contributed by atoms with Gasteiger partial charge in [-0.3, -0.25) is 4.79 Å². The zero-order valence-corrected chi connectivity index (χ0v) is 18.4. The van der Waals surface area contributed by atoms with E-state index in [4.69, 9.17) is 0 Å². The van der Waals surface area contributed by atoms with E-state index >= 15 is 0 Å². The number of halogens is 11. The predicted octanol–water partition coefficient (Wildman–Crippen LogP) is 7.07. The van der Waals surface area contributed by atoms with Crippen molar-refractivity contribution in [2.45, 2.75) is 23.9 Å². The molecule has 0 saturated carbocycles. The number of amides is 1. The van der Waals surface area contributed by atoms with E-state index in [1.54, 1.807) is 6.07 Å². The summed E-state index contributed by atoms with van der Waals surface area (Å²) in [7, 11) is 0. The second-order valence-electron chi connectivity index (χ2n) is 5.86. The van der Waals surface area contributed by atoms with Gasteiger partial charge in [-0.05, 0) is 69.4 Å². The largest absolute Gasteiger partial charge is 0.457 e. The Morgan fingerprint density at radius 3 is 1.63 bits per heavy atom. The first-order valence-corrected chi connectivity index (χ1v) is 9.76. The van der Waals surface area contributed by atoms with E-state index in [1.807, 2.05) is 0 Å². The normalized spacial score (nSPS) is 14.9. The summed E-state index contributed by atoms with van der Waals surface area (Å²) in [6.45, 7) is 0. The van der Waals surface area contributed by atoms with Crippen LogP contribution in [-0.4, -0.2) is 24.2 Å². The molecule has 2 aromatic rings. The van der Waals surface area contributed by atoms with E-state index in [2.05, 4.69) is 5.32 Å². The van der Waals surface area contributed by atoms with Crippen molar-refractivity contribution < 1.29 is 44.3 Å². The highest BCUT2D eigenvalue weighted by Gasteiger charge is 2.81. The lowest BCUT2D eigenvalue weighted by molar-refractivity contribution is -0.389. The van der Waals surface area contributed by atoms with Gasteiger partial charge in [-0.25, -0.2) is 4.39 Å². The van der Waals surface area contributed by atoms with Gasteiger partial charge in [0.1, 0.15) is 0 Å². The van der Waals surface area contributed by atoms with Gasteiger partial charge in [0.2, 0.25) is 0 Å². The molecule has 2 aromatic carbocycles. The van der Waals surface area contributed by atoms with Crippen molar-refractivity contribution in [1.29, 1.82) is 0 Å². The highest BCUT2D eigenvalue weighted by Crippen LogP contribution is 2.58. The van der Waals surface area contributed by atoms with Crippen LogP contribution in [0, 0.1) is 7.14 Å². The molecule has 2 nitrogen and oxygen atoms in total. The summed E-state index contributed by atoms with van der Waals surface area (Å²) in [5.41, 5.74) is -8.01. The lowest BCUT2D eigenvalue weighted by Gasteiger charge is -2.36. The Bertz CT molecular complexity index is 921. The molecule has 2 rings (SSSR count). The van der Waals surface area contributed by atoms with Crippen LogP contribution in [0.5, 0.6) is 0 Å². The maximum Gasteiger partial charge on any atom is 0.457 e. The number of carbonyl (C=O) groups is 1. The van der Waals surface area contributed by atoms with E-state index in [-0.39, 0.29) is 30.5 Å². The van der Waals surface area contributed by atoms with Crippen LogP contribution >= 0.6 is 45.2 Å². The molecule has 13 heteroatoms. The van der Waals surface area contributed by atoms with Crippen LogP contribution in [0.4, 0.5) is 45.2 Å². The molecular weight excluding hydrogens is 659 g/mol. The number of nitrogens with one attached hydrogen (secondary N) is 1. The fourth-order valence-electron chi connectivity index (χ4n) is 2.38. The molecule has 1 atom stereocenters. The molecule has 0 aromatic heterocycles. The molecule has 0 radical (unpaired) electrons. The summed E-state index contributed by atoms with van der Waals surface area (Å²) in [6, 6.07) is 7.85. The van der Waals surface area contributed by atoms with Crippen LogP contribution in [-0.2, 0) is 5.67 Å². The fourth-order valence-corrected chi connectivity index (χ4v) is 4.42. The molecule has 0 saturated heterocycles. The molecule has 0 heterocycles. The van der Waals surface area contributed by atoms with Crippen molar-refractivity contribution >= 4 is 56.8 Å². The Balaban J connectivity index is 2.58. The van der Waals surface area contributed by atoms with Crippen LogP contribution in [0.25, 0.3) is 0 Å². The number of hydrogen-bond acceptors (Lipinski definition) is 1. The third-order valence-electron chi connectivity index (χ3n) is 3.89. The second kappa shape index (κ2) is 8.35. The minimum Gasteiger partial charge on any atom is -0.320 e. The third kappa shape index (κ3) is 4.36. The van der Waals surface area contributed by atoms with Crippen molar-refractivity contribution in [3.63, 3.8) is 0 Å². The van der Waals surface area contributed by atoms with Gasteiger partial charge in [0.05, 0.1) is 5.69 Å². The van der Waals surface area contributed by atoms with Crippen LogP contribution in [0.15, 0.2) is 42.5 Å². The van der Waals surface area contributed by atoms with Gasteiger partial charge in [0.15, 0.2) is 0 Å². The zero-order valence-electron chi connectivity index (χ0n) is 14.1. The predicted molar refractivity (Wildman–Crippen MR) is 106 cm³/mol. The third-order valence-corrected chi connectivity index (χ3v) is 5.60. The van der Waals surface area contributed by atoms with Gasteiger partial charge in [0.25, 0.3) is 5.91 Å². The molecule has 30 heavy (non-hydrogen) atoms. The molecule has 164 valence electrons. The smallest absolute Gasteiger partial charge is 0.320 e. The van der Waals surface area contributed by atoms with Crippen molar-refractivity contribution in [3.8, 4) is 0 Å². The minimum absolute atomic E-state index is 0.145. The summed E-state index contributed by atoms with van der Waals surface area (Å²) in [5, 5.41) is 2.31. The van der Waals surface area contributed by atoms with Gasteiger partial charge >= 0.3 is 23.9 Å². The van der Waals surface area contributed by atoms with Crippen molar-refractivity contribution in [3.05, 3.63) is 60.7 Å². The number of rotatable bonds is 4. The van der Waals surface area contributed by atoms with Gasteiger partial charge in [-0.2, -0.15) is 35.1 Å². The number of carbonyl (C=O) groups excluding carboxylic acids is 1. The van der Waals surface area contributed by atoms with E-state index in [0.29, 0.717) is 0 Å². The van der Waals surface area contributed by atoms with Gasteiger partial charge in [-0.15, -0.1) is 0 Å². The maximum absolute atomic E-state index is 14.6. The van der Waals surface area contributed by atoms with Crippen LogP contribution in [0.2, 0.25) is 0 Å². The SMILES string of the molecule is O=C(Nc1c(I)cc(C(F)(C(F)(F)F)C(F)(F)C(F)(F)F)cc1I)c1ccccc1. The Morgan fingerprint density at radius 2 is 1.23 bits per heavy atom. The molecule has 1 N–H and O–H groups in total. The standard InChI is InChI=1S/C17H8F9I2NO/c18-14(16(21,22)23,15(19,20)17(24,25)26)9-6-10(27)12(11(28)7-9)29-13(30)8-4-2-1-3-5-8/h1-7H,(H,29,30). The van der Waals surface area contributed by atoms with E-state index in [9.17, 15) is 44.3 Å². The van der Waals surface area contributed by atoms with Crippen molar-refractivity contribution in [2.75, 3.05) is 5.32 Å². The van der Waals surface area contributed by atoms with E-state index in [0.717, 1.165) is 0 Å². The molecule has 0 fully saturated rings. The average molecular weight is 667 g/mol. The fraction of sp³-hybridized carbons (Fsp3) is 0.235. The molecule has 0 bridgehead atoms. The molecule has 1 unspecified atom stereocenters. The number of hydrogen-bond donors (Lipinski definition) is 1. The quantitative estimate of drug-likeness (QED) is 0.275. The lowest BCUT2D eigenvalue weighted by Crippen LogP contribution is -2.59. The first kappa shape index (κ1) is 25.0. The maximum atomic E-state index is 14.6. The summed E-state index contributed by atoms with van der Waals surface area (Å²) >= 11 is 2.60. The first-order chi connectivity index (χ1) is 13.5. The monoisotopic (exact) mass is 667 g/mol. The topological polar surface area (TPSA) is 29.1 Å². The lowest BCUT2D eigenvalue weighted by atomic mass is 9.87. The summed E-state index contributed by atoms with van der Waals surface area (Å²) in [4.78, 5) is 12.2. The van der Waals surface area contributed by atoms with Crippen molar-refractivity contribution in [2.24, 2.45) is 0 Å².